The SMILES string of the molecule is NC(=O)C1CCCN1C(=O)c1ccc2c(c1)OCO2. The molecule has 2 heterocycles. The van der Waals surface area contributed by atoms with Crippen molar-refractivity contribution < 1.29 is 19.1 Å². The van der Waals surface area contributed by atoms with Gasteiger partial charge in [-0.2, -0.15) is 0 Å². The van der Waals surface area contributed by atoms with E-state index in [0.717, 1.165) is 6.42 Å². The van der Waals surface area contributed by atoms with Crippen LogP contribution in [0.5, 0.6) is 11.5 Å². The lowest BCUT2D eigenvalue weighted by Gasteiger charge is -2.22. The van der Waals surface area contributed by atoms with Gasteiger partial charge in [-0.1, -0.05) is 0 Å². The number of nitrogens with zero attached hydrogens (tertiary/aromatic N) is 1. The quantitative estimate of drug-likeness (QED) is 0.841. The molecule has 19 heavy (non-hydrogen) atoms. The summed E-state index contributed by atoms with van der Waals surface area (Å²) < 4.78 is 10.4. The van der Waals surface area contributed by atoms with Crippen molar-refractivity contribution in [3.63, 3.8) is 0 Å². The van der Waals surface area contributed by atoms with Gasteiger partial charge in [0.05, 0.1) is 0 Å². The first kappa shape index (κ1) is 11.8. The lowest BCUT2D eigenvalue weighted by atomic mass is 10.1. The first-order valence-corrected chi connectivity index (χ1v) is 6.17. The van der Waals surface area contributed by atoms with Crippen LogP contribution in [-0.2, 0) is 4.79 Å². The maximum absolute atomic E-state index is 12.4. The number of hydrogen-bond donors (Lipinski definition) is 1. The summed E-state index contributed by atoms with van der Waals surface area (Å²) >= 11 is 0. The lowest BCUT2D eigenvalue weighted by molar-refractivity contribution is -0.121. The van der Waals surface area contributed by atoms with Crippen molar-refractivity contribution >= 4 is 11.8 Å². The first-order valence-electron chi connectivity index (χ1n) is 6.17. The highest BCUT2D eigenvalue weighted by Crippen LogP contribution is 2.33. The Morgan fingerprint density at radius 2 is 2.05 bits per heavy atom. The summed E-state index contributed by atoms with van der Waals surface area (Å²) in [4.78, 5) is 25.2. The molecule has 0 aliphatic carbocycles. The number of nitrogens with two attached hydrogens (primary N) is 1. The van der Waals surface area contributed by atoms with Gasteiger partial charge in [0.2, 0.25) is 12.7 Å². The van der Waals surface area contributed by atoms with Crippen LogP contribution in [0.25, 0.3) is 0 Å². The van der Waals surface area contributed by atoms with Crippen LogP contribution >= 0.6 is 0 Å². The van der Waals surface area contributed by atoms with E-state index in [0.29, 0.717) is 30.0 Å². The van der Waals surface area contributed by atoms with Gasteiger partial charge < -0.3 is 20.1 Å². The number of carbonyl (C=O) groups excluding carboxylic acids is 2. The standard InChI is InChI=1S/C13H14N2O4/c14-12(16)9-2-1-5-15(9)13(17)8-3-4-10-11(6-8)19-7-18-10/h3-4,6,9H,1-2,5,7H2,(H2,14,16). The van der Waals surface area contributed by atoms with Gasteiger partial charge >= 0.3 is 0 Å². The Labute approximate surface area is 110 Å². The Morgan fingerprint density at radius 1 is 1.26 bits per heavy atom. The number of rotatable bonds is 2. The number of ether oxygens (including phenoxy) is 2. The largest absolute Gasteiger partial charge is 0.454 e. The van der Waals surface area contributed by atoms with Gasteiger partial charge in [0.1, 0.15) is 6.04 Å². The van der Waals surface area contributed by atoms with Crippen molar-refractivity contribution in [1.29, 1.82) is 0 Å². The summed E-state index contributed by atoms with van der Waals surface area (Å²) in [7, 11) is 0. The van der Waals surface area contributed by atoms with E-state index < -0.39 is 11.9 Å². The lowest BCUT2D eigenvalue weighted by Crippen LogP contribution is -2.43. The van der Waals surface area contributed by atoms with E-state index >= 15 is 0 Å². The van der Waals surface area contributed by atoms with E-state index in [1.807, 2.05) is 0 Å². The van der Waals surface area contributed by atoms with E-state index in [9.17, 15) is 9.59 Å². The zero-order valence-electron chi connectivity index (χ0n) is 10.3. The maximum Gasteiger partial charge on any atom is 0.254 e. The molecule has 1 aromatic rings. The Balaban J connectivity index is 1.85. The molecule has 0 bridgehead atoms. The molecule has 0 aromatic heterocycles. The van der Waals surface area contributed by atoms with Crippen molar-refractivity contribution in [2.45, 2.75) is 18.9 Å². The summed E-state index contributed by atoms with van der Waals surface area (Å²) in [5.74, 6) is 0.538. The summed E-state index contributed by atoms with van der Waals surface area (Å²) in [6.45, 7) is 0.724. The van der Waals surface area contributed by atoms with Crippen molar-refractivity contribution in [1.82, 2.24) is 4.90 Å². The van der Waals surface area contributed by atoms with Crippen LogP contribution in [0.4, 0.5) is 0 Å². The topological polar surface area (TPSA) is 81.9 Å². The van der Waals surface area contributed by atoms with Gasteiger partial charge in [0.15, 0.2) is 11.5 Å². The molecule has 1 saturated heterocycles. The third-order valence-corrected chi connectivity index (χ3v) is 3.46. The van der Waals surface area contributed by atoms with Crippen LogP contribution in [0.3, 0.4) is 0 Å². The number of fused-ring (bicyclic) bond motifs is 1. The Hall–Kier alpha value is -2.24. The van der Waals surface area contributed by atoms with Crippen molar-refractivity contribution in [2.24, 2.45) is 5.73 Å². The fourth-order valence-electron chi connectivity index (χ4n) is 2.50. The number of hydrogen-bond acceptors (Lipinski definition) is 4. The Bertz CT molecular complexity index is 543. The maximum atomic E-state index is 12.4. The summed E-state index contributed by atoms with van der Waals surface area (Å²) in [6, 6.07) is 4.51. The molecular formula is C13H14N2O4. The highest BCUT2D eigenvalue weighted by atomic mass is 16.7. The molecule has 1 aromatic carbocycles. The predicted octanol–water partition coefficient (Wildman–Crippen LogP) is 0.505. The number of likely N-dealkylation sites (tertiary alicyclic amines) is 1. The Morgan fingerprint density at radius 3 is 2.84 bits per heavy atom. The van der Waals surface area contributed by atoms with E-state index in [-0.39, 0.29) is 12.7 Å². The van der Waals surface area contributed by atoms with Crippen LogP contribution < -0.4 is 15.2 Å². The Kier molecular flexibility index (Phi) is 2.77. The fourth-order valence-corrected chi connectivity index (χ4v) is 2.50. The highest BCUT2D eigenvalue weighted by molar-refractivity contribution is 5.98. The van der Waals surface area contributed by atoms with Gasteiger partial charge in [-0.15, -0.1) is 0 Å². The molecular weight excluding hydrogens is 248 g/mol. The van der Waals surface area contributed by atoms with Gasteiger partial charge in [-0.25, -0.2) is 0 Å². The van der Waals surface area contributed by atoms with Gasteiger partial charge in [0, 0.05) is 12.1 Å². The minimum absolute atomic E-state index is 0.167. The predicted molar refractivity (Wildman–Crippen MR) is 65.8 cm³/mol. The second-order valence-corrected chi connectivity index (χ2v) is 4.63. The molecule has 1 fully saturated rings. The van der Waals surface area contributed by atoms with Crippen molar-refractivity contribution in [3.05, 3.63) is 23.8 Å². The normalized spacial score (nSPS) is 20.6. The van der Waals surface area contributed by atoms with Gasteiger partial charge in [0.25, 0.3) is 5.91 Å². The third-order valence-electron chi connectivity index (χ3n) is 3.46. The molecule has 0 saturated carbocycles. The highest BCUT2D eigenvalue weighted by Gasteiger charge is 2.33. The first-order chi connectivity index (χ1) is 9.16. The second kappa shape index (κ2) is 4.46. The molecule has 1 atom stereocenters. The van der Waals surface area contributed by atoms with Crippen LogP contribution in [0, 0.1) is 0 Å². The molecule has 0 radical (unpaired) electrons. The zero-order chi connectivity index (χ0) is 13.4. The molecule has 2 aliphatic rings. The summed E-state index contributed by atoms with van der Waals surface area (Å²) in [5, 5.41) is 0. The summed E-state index contributed by atoms with van der Waals surface area (Å²) in [6.07, 6.45) is 1.43. The summed E-state index contributed by atoms with van der Waals surface area (Å²) in [5.41, 5.74) is 5.80. The number of amides is 2. The molecule has 6 heteroatoms. The average Bonchev–Trinajstić information content (AvgIpc) is 3.05. The van der Waals surface area contributed by atoms with E-state index in [1.165, 1.54) is 4.90 Å². The third kappa shape index (κ3) is 1.99. The van der Waals surface area contributed by atoms with Gasteiger partial charge in [-0.3, -0.25) is 9.59 Å². The number of benzene rings is 1. The minimum atomic E-state index is -0.502. The molecule has 2 N–H and O–H groups in total. The molecule has 6 nitrogen and oxygen atoms in total. The monoisotopic (exact) mass is 262 g/mol. The smallest absolute Gasteiger partial charge is 0.254 e. The van der Waals surface area contributed by atoms with E-state index in [4.69, 9.17) is 15.2 Å². The second-order valence-electron chi connectivity index (χ2n) is 4.63. The molecule has 0 spiro atoms. The minimum Gasteiger partial charge on any atom is -0.454 e. The van der Waals surface area contributed by atoms with Gasteiger partial charge in [-0.05, 0) is 31.0 Å². The molecule has 3 rings (SSSR count). The fraction of sp³-hybridized carbons (Fsp3) is 0.385. The van der Waals surface area contributed by atoms with E-state index in [1.54, 1.807) is 18.2 Å². The van der Waals surface area contributed by atoms with Crippen LogP contribution in [0.2, 0.25) is 0 Å². The van der Waals surface area contributed by atoms with Crippen molar-refractivity contribution in [2.75, 3.05) is 13.3 Å². The van der Waals surface area contributed by atoms with Crippen LogP contribution in [0.15, 0.2) is 18.2 Å². The zero-order valence-corrected chi connectivity index (χ0v) is 10.3. The molecule has 2 amide bonds. The molecule has 2 aliphatic heterocycles. The number of primary amides is 1. The van der Waals surface area contributed by atoms with Crippen LogP contribution in [-0.4, -0.2) is 36.1 Å². The van der Waals surface area contributed by atoms with E-state index in [2.05, 4.69) is 0 Å². The molecule has 100 valence electrons. The number of carbonyl (C=O) groups is 2. The molecule has 1 unspecified atom stereocenters. The van der Waals surface area contributed by atoms with Crippen LogP contribution in [0.1, 0.15) is 23.2 Å². The average molecular weight is 262 g/mol. The van der Waals surface area contributed by atoms with Crippen molar-refractivity contribution in [3.8, 4) is 11.5 Å².